The molecule has 0 atom stereocenters. The fourth-order valence-corrected chi connectivity index (χ4v) is 1.48. The lowest BCUT2D eigenvalue weighted by molar-refractivity contribution is -0.137. The summed E-state index contributed by atoms with van der Waals surface area (Å²) in [6.45, 7) is 0. The van der Waals surface area contributed by atoms with Crippen molar-refractivity contribution in [1.29, 1.82) is 0 Å². The van der Waals surface area contributed by atoms with Crippen molar-refractivity contribution in [3.63, 3.8) is 0 Å². The summed E-state index contributed by atoms with van der Waals surface area (Å²) in [7, 11) is 1.64. The number of benzene rings is 1. The molecule has 1 heterocycles. The molecular weight excluding hydrogens is 233 g/mol. The minimum Gasteiger partial charge on any atom is -0.398 e. The van der Waals surface area contributed by atoms with Crippen molar-refractivity contribution >= 4 is 5.69 Å². The van der Waals surface area contributed by atoms with Crippen molar-refractivity contribution in [3.8, 4) is 11.4 Å². The molecule has 0 unspecified atom stereocenters. The van der Waals surface area contributed by atoms with Gasteiger partial charge in [0, 0.05) is 18.3 Å². The summed E-state index contributed by atoms with van der Waals surface area (Å²) in [4.78, 5) is 3.93. The number of rotatable bonds is 1. The van der Waals surface area contributed by atoms with Crippen molar-refractivity contribution in [2.45, 2.75) is 6.18 Å². The molecule has 1 aromatic heterocycles. The van der Waals surface area contributed by atoms with Crippen molar-refractivity contribution < 1.29 is 13.2 Å². The highest BCUT2D eigenvalue weighted by molar-refractivity contribution is 5.72. The van der Waals surface area contributed by atoms with Crippen LogP contribution in [0.15, 0.2) is 24.5 Å². The monoisotopic (exact) mass is 242 g/mol. The summed E-state index contributed by atoms with van der Waals surface area (Å²) < 4.78 is 38.7. The number of alkyl halides is 3. The average molecular weight is 242 g/mol. The van der Waals surface area contributed by atoms with Gasteiger partial charge in [-0.3, -0.25) is 0 Å². The normalized spacial score (nSPS) is 11.8. The Labute approximate surface area is 94.9 Å². The molecule has 2 aromatic rings. The molecule has 7 heteroatoms. The van der Waals surface area contributed by atoms with Gasteiger partial charge in [-0.2, -0.15) is 18.3 Å². The van der Waals surface area contributed by atoms with E-state index in [-0.39, 0.29) is 5.69 Å². The Morgan fingerprint density at radius 2 is 2.00 bits per heavy atom. The Kier molecular flexibility index (Phi) is 2.53. The van der Waals surface area contributed by atoms with Gasteiger partial charge in [0.1, 0.15) is 6.33 Å². The van der Waals surface area contributed by atoms with Crippen LogP contribution in [0.5, 0.6) is 0 Å². The van der Waals surface area contributed by atoms with E-state index in [4.69, 9.17) is 5.73 Å². The third-order valence-corrected chi connectivity index (χ3v) is 2.33. The summed E-state index contributed by atoms with van der Waals surface area (Å²) in [5, 5.41) is 3.83. The Balaban J connectivity index is 2.50. The van der Waals surface area contributed by atoms with Gasteiger partial charge in [-0.1, -0.05) is 0 Å². The zero-order valence-electron chi connectivity index (χ0n) is 8.86. The first-order valence-corrected chi connectivity index (χ1v) is 4.70. The number of hydrogen-bond donors (Lipinski definition) is 1. The van der Waals surface area contributed by atoms with Crippen LogP contribution < -0.4 is 5.73 Å². The minimum absolute atomic E-state index is 0.0240. The molecule has 2 N–H and O–H groups in total. The maximum absolute atomic E-state index is 12.4. The third kappa shape index (κ3) is 2.08. The molecular formula is C10H9F3N4. The van der Waals surface area contributed by atoms with Crippen molar-refractivity contribution in [2.24, 2.45) is 7.05 Å². The molecule has 0 aliphatic heterocycles. The first-order chi connectivity index (χ1) is 7.89. The van der Waals surface area contributed by atoms with Crippen LogP contribution in [0.2, 0.25) is 0 Å². The quantitative estimate of drug-likeness (QED) is 0.779. The van der Waals surface area contributed by atoms with Gasteiger partial charge in [0.25, 0.3) is 0 Å². The second kappa shape index (κ2) is 3.76. The molecule has 0 bridgehead atoms. The number of halogens is 3. The molecule has 0 spiro atoms. The molecule has 0 aliphatic rings. The van der Waals surface area contributed by atoms with Gasteiger partial charge in [-0.15, -0.1) is 0 Å². The number of nitrogen functional groups attached to an aromatic ring is 1. The largest absolute Gasteiger partial charge is 0.416 e. The van der Waals surface area contributed by atoms with E-state index >= 15 is 0 Å². The molecule has 0 saturated carbocycles. The zero-order chi connectivity index (χ0) is 12.6. The van der Waals surface area contributed by atoms with E-state index in [0.29, 0.717) is 11.4 Å². The van der Waals surface area contributed by atoms with E-state index in [2.05, 4.69) is 10.1 Å². The van der Waals surface area contributed by atoms with Crippen LogP contribution in [0.4, 0.5) is 18.9 Å². The molecule has 17 heavy (non-hydrogen) atoms. The van der Waals surface area contributed by atoms with Crippen molar-refractivity contribution in [2.75, 3.05) is 5.73 Å². The van der Waals surface area contributed by atoms with Crippen molar-refractivity contribution in [1.82, 2.24) is 14.8 Å². The summed E-state index contributed by atoms with van der Waals surface area (Å²) in [5.41, 5.74) is 5.27. The topological polar surface area (TPSA) is 56.7 Å². The predicted octanol–water partition coefficient (Wildman–Crippen LogP) is 2.08. The molecule has 0 amide bonds. The number of anilines is 1. The van der Waals surface area contributed by atoms with E-state index in [1.165, 1.54) is 17.1 Å². The van der Waals surface area contributed by atoms with Gasteiger partial charge in [0.05, 0.1) is 5.56 Å². The van der Waals surface area contributed by atoms with Gasteiger partial charge in [0.2, 0.25) is 0 Å². The van der Waals surface area contributed by atoms with Crippen LogP contribution in [0.1, 0.15) is 5.56 Å². The lowest BCUT2D eigenvalue weighted by Gasteiger charge is -2.10. The maximum atomic E-state index is 12.4. The number of nitrogens with two attached hydrogens (primary N) is 1. The van der Waals surface area contributed by atoms with E-state index < -0.39 is 11.7 Å². The van der Waals surface area contributed by atoms with Crippen LogP contribution >= 0.6 is 0 Å². The highest BCUT2D eigenvalue weighted by Crippen LogP contribution is 2.33. The lowest BCUT2D eigenvalue weighted by atomic mass is 10.1. The Morgan fingerprint density at radius 3 is 2.47 bits per heavy atom. The Morgan fingerprint density at radius 1 is 1.29 bits per heavy atom. The minimum atomic E-state index is -4.40. The molecule has 4 nitrogen and oxygen atoms in total. The van der Waals surface area contributed by atoms with Crippen LogP contribution in [0.3, 0.4) is 0 Å². The molecule has 0 fully saturated rings. The summed E-state index contributed by atoms with van der Waals surface area (Å²) in [6, 6.07) is 3.16. The first kappa shape index (κ1) is 11.4. The summed E-state index contributed by atoms with van der Waals surface area (Å²) >= 11 is 0. The standard InChI is InChI=1S/C10H9F3N4/c1-17-9(15-5-16-17)7-3-2-6(4-8(7)14)10(11,12)13/h2-5H,14H2,1H3. The van der Waals surface area contributed by atoms with Crippen LogP contribution in [0.25, 0.3) is 11.4 Å². The molecule has 1 aromatic carbocycles. The van der Waals surface area contributed by atoms with E-state index in [0.717, 1.165) is 12.1 Å². The summed E-state index contributed by atoms with van der Waals surface area (Å²) in [5.74, 6) is 0.427. The first-order valence-electron chi connectivity index (χ1n) is 4.70. The molecule has 2 rings (SSSR count). The van der Waals surface area contributed by atoms with Gasteiger partial charge in [0.15, 0.2) is 5.82 Å². The highest BCUT2D eigenvalue weighted by Gasteiger charge is 2.31. The SMILES string of the molecule is Cn1ncnc1-c1ccc(C(F)(F)F)cc1N. The van der Waals surface area contributed by atoms with Gasteiger partial charge in [-0.25, -0.2) is 9.67 Å². The smallest absolute Gasteiger partial charge is 0.398 e. The van der Waals surface area contributed by atoms with Gasteiger partial charge < -0.3 is 5.73 Å². The Bertz CT molecular complexity index is 545. The third-order valence-electron chi connectivity index (χ3n) is 2.33. The number of aromatic nitrogens is 3. The van der Waals surface area contributed by atoms with E-state index in [1.807, 2.05) is 0 Å². The van der Waals surface area contributed by atoms with Crippen LogP contribution in [0, 0.1) is 0 Å². The maximum Gasteiger partial charge on any atom is 0.416 e. The fraction of sp³-hybridized carbons (Fsp3) is 0.200. The Hall–Kier alpha value is -2.05. The van der Waals surface area contributed by atoms with Crippen LogP contribution in [-0.2, 0) is 13.2 Å². The molecule has 0 radical (unpaired) electrons. The highest BCUT2D eigenvalue weighted by atomic mass is 19.4. The van der Waals surface area contributed by atoms with E-state index in [1.54, 1.807) is 7.05 Å². The summed E-state index contributed by atoms with van der Waals surface area (Å²) in [6.07, 6.45) is -3.08. The fourth-order valence-electron chi connectivity index (χ4n) is 1.48. The van der Waals surface area contributed by atoms with Crippen molar-refractivity contribution in [3.05, 3.63) is 30.1 Å². The number of nitrogens with zero attached hydrogens (tertiary/aromatic N) is 3. The second-order valence-corrected chi connectivity index (χ2v) is 3.51. The predicted molar refractivity (Wildman–Crippen MR) is 55.9 cm³/mol. The van der Waals surface area contributed by atoms with Gasteiger partial charge >= 0.3 is 6.18 Å². The lowest BCUT2D eigenvalue weighted by Crippen LogP contribution is -2.06. The zero-order valence-corrected chi connectivity index (χ0v) is 8.86. The molecule has 0 aliphatic carbocycles. The van der Waals surface area contributed by atoms with Gasteiger partial charge in [-0.05, 0) is 18.2 Å². The number of aryl methyl sites for hydroxylation is 1. The average Bonchev–Trinajstić information content (AvgIpc) is 2.63. The van der Waals surface area contributed by atoms with E-state index in [9.17, 15) is 13.2 Å². The number of hydrogen-bond acceptors (Lipinski definition) is 3. The molecule has 0 saturated heterocycles. The second-order valence-electron chi connectivity index (χ2n) is 3.51. The van der Waals surface area contributed by atoms with Crippen LogP contribution in [-0.4, -0.2) is 14.8 Å². The molecule has 90 valence electrons.